The van der Waals surface area contributed by atoms with Crippen LogP contribution in [-0.2, 0) is 11.3 Å². The standard InChI is InChI=1S/C16H17NO5/c1-20-14-9-13(16(18)19)17-10-15(14)22-8-7-21-11-12-5-3-2-4-6-12/h2-6,9-10H,7-8,11H2,1H3,(H,18,19). The number of rotatable bonds is 8. The summed E-state index contributed by atoms with van der Waals surface area (Å²) < 4.78 is 16.1. The number of methoxy groups -OCH3 is 1. The Hall–Kier alpha value is -2.60. The van der Waals surface area contributed by atoms with Gasteiger partial charge in [0.25, 0.3) is 0 Å². The predicted molar refractivity (Wildman–Crippen MR) is 79.3 cm³/mol. The summed E-state index contributed by atoms with van der Waals surface area (Å²) in [5.41, 5.74) is 0.997. The first-order valence-electron chi connectivity index (χ1n) is 6.72. The molecule has 0 unspecified atom stereocenters. The number of aromatic carboxylic acids is 1. The molecular weight excluding hydrogens is 286 g/mol. The highest BCUT2D eigenvalue weighted by atomic mass is 16.5. The van der Waals surface area contributed by atoms with Crippen molar-refractivity contribution in [2.24, 2.45) is 0 Å². The average molecular weight is 303 g/mol. The number of aromatic nitrogens is 1. The Morgan fingerprint density at radius 1 is 1.18 bits per heavy atom. The molecule has 2 rings (SSSR count). The third kappa shape index (κ3) is 4.46. The van der Waals surface area contributed by atoms with Gasteiger partial charge in [0, 0.05) is 6.07 Å². The minimum absolute atomic E-state index is 0.0930. The van der Waals surface area contributed by atoms with E-state index in [1.54, 1.807) is 0 Å². The SMILES string of the molecule is COc1cc(C(=O)O)ncc1OCCOCc1ccccc1. The molecule has 116 valence electrons. The van der Waals surface area contributed by atoms with E-state index in [4.69, 9.17) is 19.3 Å². The number of ether oxygens (including phenoxy) is 3. The van der Waals surface area contributed by atoms with Gasteiger partial charge in [-0.15, -0.1) is 0 Å². The van der Waals surface area contributed by atoms with Gasteiger partial charge in [0.05, 0.1) is 26.5 Å². The highest BCUT2D eigenvalue weighted by molar-refractivity contribution is 5.86. The summed E-state index contributed by atoms with van der Waals surface area (Å²) in [6.45, 7) is 1.23. The van der Waals surface area contributed by atoms with Crippen LogP contribution in [0.2, 0.25) is 0 Å². The van der Waals surface area contributed by atoms with Crippen molar-refractivity contribution in [3.05, 3.63) is 53.9 Å². The quantitative estimate of drug-likeness (QED) is 0.754. The van der Waals surface area contributed by atoms with Crippen molar-refractivity contribution in [2.75, 3.05) is 20.3 Å². The lowest BCUT2D eigenvalue weighted by atomic mass is 10.2. The Morgan fingerprint density at radius 2 is 1.95 bits per heavy atom. The number of carboxylic acid groups (broad SMARTS) is 1. The number of hydrogen-bond acceptors (Lipinski definition) is 5. The largest absolute Gasteiger partial charge is 0.493 e. The van der Waals surface area contributed by atoms with Crippen molar-refractivity contribution < 1.29 is 24.1 Å². The van der Waals surface area contributed by atoms with Crippen LogP contribution in [0.4, 0.5) is 0 Å². The van der Waals surface area contributed by atoms with E-state index >= 15 is 0 Å². The molecule has 0 spiro atoms. The van der Waals surface area contributed by atoms with Crippen molar-refractivity contribution in [1.82, 2.24) is 4.98 Å². The van der Waals surface area contributed by atoms with E-state index in [2.05, 4.69) is 4.98 Å². The number of pyridine rings is 1. The summed E-state index contributed by atoms with van der Waals surface area (Å²) in [6.07, 6.45) is 1.33. The molecule has 6 heteroatoms. The molecular formula is C16H17NO5. The van der Waals surface area contributed by atoms with Crippen molar-refractivity contribution in [3.8, 4) is 11.5 Å². The molecule has 6 nitrogen and oxygen atoms in total. The lowest BCUT2D eigenvalue weighted by molar-refractivity contribution is 0.0689. The molecule has 0 saturated carbocycles. The number of carbonyl (C=O) groups is 1. The molecule has 2 aromatic rings. The zero-order valence-corrected chi connectivity index (χ0v) is 12.2. The van der Waals surface area contributed by atoms with Crippen LogP contribution in [-0.4, -0.2) is 36.4 Å². The Kier molecular flexibility index (Phi) is 5.73. The maximum absolute atomic E-state index is 10.8. The second-order valence-corrected chi connectivity index (χ2v) is 4.41. The Morgan fingerprint density at radius 3 is 2.64 bits per heavy atom. The van der Waals surface area contributed by atoms with Crippen LogP contribution >= 0.6 is 0 Å². The van der Waals surface area contributed by atoms with Gasteiger partial charge in [-0.1, -0.05) is 30.3 Å². The minimum atomic E-state index is -1.11. The van der Waals surface area contributed by atoms with Crippen molar-refractivity contribution in [1.29, 1.82) is 0 Å². The lowest BCUT2D eigenvalue weighted by Crippen LogP contribution is -2.08. The maximum Gasteiger partial charge on any atom is 0.354 e. The molecule has 0 aliphatic rings. The molecule has 0 aliphatic heterocycles. The van der Waals surface area contributed by atoms with Gasteiger partial charge in [0.1, 0.15) is 6.61 Å². The molecule has 0 saturated heterocycles. The van der Waals surface area contributed by atoms with E-state index in [0.717, 1.165) is 5.56 Å². The van der Waals surface area contributed by atoms with Crippen LogP contribution < -0.4 is 9.47 Å². The second-order valence-electron chi connectivity index (χ2n) is 4.41. The smallest absolute Gasteiger partial charge is 0.354 e. The van der Waals surface area contributed by atoms with Crippen molar-refractivity contribution >= 4 is 5.97 Å². The van der Waals surface area contributed by atoms with Crippen LogP contribution in [0, 0.1) is 0 Å². The fourth-order valence-corrected chi connectivity index (χ4v) is 1.78. The van der Waals surface area contributed by atoms with Crippen LogP contribution in [0.25, 0.3) is 0 Å². The normalized spacial score (nSPS) is 10.2. The van der Waals surface area contributed by atoms with Gasteiger partial charge >= 0.3 is 5.97 Å². The molecule has 1 N–H and O–H groups in total. The summed E-state index contributed by atoms with van der Waals surface area (Å²) in [5.74, 6) is -0.401. The third-order valence-corrected chi connectivity index (χ3v) is 2.87. The van der Waals surface area contributed by atoms with E-state index in [-0.39, 0.29) is 5.69 Å². The van der Waals surface area contributed by atoms with Crippen molar-refractivity contribution in [2.45, 2.75) is 6.61 Å². The Bertz CT molecular complexity index is 615. The summed E-state index contributed by atoms with van der Waals surface area (Å²) in [4.78, 5) is 14.6. The predicted octanol–water partition coefficient (Wildman–Crippen LogP) is 2.38. The molecule has 1 heterocycles. The first kappa shape index (κ1) is 15.8. The number of benzene rings is 1. The Labute approximate surface area is 128 Å². The summed E-state index contributed by atoms with van der Waals surface area (Å²) in [5, 5.41) is 8.87. The molecule has 1 aromatic heterocycles. The van der Waals surface area contributed by atoms with Crippen LogP contribution in [0.5, 0.6) is 11.5 Å². The van der Waals surface area contributed by atoms with E-state index < -0.39 is 5.97 Å². The average Bonchev–Trinajstić information content (AvgIpc) is 2.55. The zero-order valence-electron chi connectivity index (χ0n) is 12.2. The minimum Gasteiger partial charge on any atom is -0.493 e. The van der Waals surface area contributed by atoms with E-state index in [1.807, 2.05) is 30.3 Å². The molecule has 0 atom stereocenters. The summed E-state index contributed by atoms with van der Waals surface area (Å²) >= 11 is 0. The third-order valence-electron chi connectivity index (χ3n) is 2.87. The van der Waals surface area contributed by atoms with Gasteiger partial charge in [-0.25, -0.2) is 9.78 Å². The molecule has 0 amide bonds. The van der Waals surface area contributed by atoms with Crippen LogP contribution in [0.1, 0.15) is 16.1 Å². The number of nitrogens with zero attached hydrogens (tertiary/aromatic N) is 1. The highest BCUT2D eigenvalue weighted by Crippen LogP contribution is 2.26. The second kappa shape index (κ2) is 7.99. The van der Waals surface area contributed by atoms with E-state index in [9.17, 15) is 4.79 Å². The number of hydrogen-bond donors (Lipinski definition) is 1. The molecule has 0 bridgehead atoms. The maximum atomic E-state index is 10.8. The van der Waals surface area contributed by atoms with Gasteiger partial charge in [-0.05, 0) is 5.56 Å². The highest BCUT2D eigenvalue weighted by Gasteiger charge is 2.11. The zero-order chi connectivity index (χ0) is 15.8. The van der Waals surface area contributed by atoms with Gasteiger partial charge in [-0.3, -0.25) is 0 Å². The summed E-state index contributed by atoms with van der Waals surface area (Å²) in [6, 6.07) is 11.2. The fourth-order valence-electron chi connectivity index (χ4n) is 1.78. The molecule has 0 aliphatic carbocycles. The molecule has 1 aromatic carbocycles. The Balaban J connectivity index is 1.80. The van der Waals surface area contributed by atoms with E-state index in [1.165, 1.54) is 19.4 Å². The fraction of sp³-hybridized carbons (Fsp3) is 0.250. The van der Waals surface area contributed by atoms with Crippen LogP contribution in [0.3, 0.4) is 0 Å². The first-order valence-corrected chi connectivity index (χ1v) is 6.72. The monoisotopic (exact) mass is 303 g/mol. The van der Waals surface area contributed by atoms with E-state index in [0.29, 0.717) is 31.3 Å². The van der Waals surface area contributed by atoms with Gasteiger partial charge < -0.3 is 19.3 Å². The summed E-state index contributed by atoms with van der Waals surface area (Å²) in [7, 11) is 1.44. The molecule has 22 heavy (non-hydrogen) atoms. The lowest BCUT2D eigenvalue weighted by Gasteiger charge is -2.11. The topological polar surface area (TPSA) is 77.9 Å². The number of carboxylic acids is 1. The first-order chi connectivity index (χ1) is 10.7. The van der Waals surface area contributed by atoms with Gasteiger partial charge in [0.15, 0.2) is 17.2 Å². The van der Waals surface area contributed by atoms with Crippen molar-refractivity contribution in [3.63, 3.8) is 0 Å². The van der Waals surface area contributed by atoms with Gasteiger partial charge in [0.2, 0.25) is 0 Å². The van der Waals surface area contributed by atoms with Crippen LogP contribution in [0.15, 0.2) is 42.6 Å². The molecule has 0 fully saturated rings. The van der Waals surface area contributed by atoms with Gasteiger partial charge in [-0.2, -0.15) is 0 Å². The molecule has 0 radical (unpaired) electrons.